The third-order valence-corrected chi connectivity index (χ3v) is 4.72. The summed E-state index contributed by atoms with van der Waals surface area (Å²) in [4.78, 5) is 14.3. The van der Waals surface area contributed by atoms with Gasteiger partial charge in [0, 0.05) is 19.2 Å². The van der Waals surface area contributed by atoms with Crippen molar-refractivity contribution in [1.82, 2.24) is 15.4 Å². The molecule has 3 rings (SSSR count). The Morgan fingerprint density at radius 3 is 2.85 bits per heavy atom. The maximum atomic E-state index is 12.5. The lowest BCUT2D eigenvalue weighted by Crippen LogP contribution is -2.30. The van der Waals surface area contributed by atoms with Gasteiger partial charge < -0.3 is 19.5 Å². The number of likely N-dealkylation sites (tertiary alicyclic amines) is 1. The zero-order valence-electron chi connectivity index (χ0n) is 14.2. The number of carbonyl (C=O) groups excluding carboxylic acids is 1. The van der Waals surface area contributed by atoms with Gasteiger partial charge >= 0.3 is 0 Å². The Balaban J connectivity index is 0.00000243. The zero-order valence-corrected chi connectivity index (χ0v) is 16.5. The van der Waals surface area contributed by atoms with E-state index in [2.05, 4.69) is 10.5 Å². The first-order valence-electron chi connectivity index (χ1n) is 8.04. The maximum absolute atomic E-state index is 12.5. The Morgan fingerprint density at radius 2 is 2.15 bits per heavy atom. The highest BCUT2D eigenvalue weighted by molar-refractivity contribution is 6.37. The van der Waals surface area contributed by atoms with E-state index in [1.165, 1.54) is 0 Å². The minimum absolute atomic E-state index is 0. The predicted octanol–water partition coefficient (Wildman–Crippen LogP) is 3.66. The molecule has 1 atom stereocenters. The van der Waals surface area contributed by atoms with E-state index in [0.29, 0.717) is 27.5 Å². The number of hydrogen-bond donors (Lipinski definition) is 1. The number of nitrogens with zero attached hydrogens (tertiary/aromatic N) is 2. The van der Waals surface area contributed by atoms with Crippen LogP contribution in [0.4, 0.5) is 0 Å². The third-order valence-electron chi connectivity index (χ3n) is 4.12. The van der Waals surface area contributed by atoms with Gasteiger partial charge in [-0.05, 0) is 38.1 Å². The van der Waals surface area contributed by atoms with E-state index >= 15 is 0 Å². The molecule has 1 fully saturated rings. The van der Waals surface area contributed by atoms with Gasteiger partial charge in [-0.15, -0.1) is 12.4 Å². The molecule has 142 valence electrons. The van der Waals surface area contributed by atoms with Crippen molar-refractivity contribution in [2.75, 3.05) is 26.7 Å². The average molecular weight is 421 g/mol. The summed E-state index contributed by atoms with van der Waals surface area (Å²) in [6.07, 6.45) is 0.991. The summed E-state index contributed by atoms with van der Waals surface area (Å²) in [6.45, 7) is 2.46. The van der Waals surface area contributed by atoms with Crippen molar-refractivity contribution in [3.8, 4) is 5.75 Å². The van der Waals surface area contributed by atoms with Gasteiger partial charge in [0.15, 0.2) is 17.2 Å². The number of amides is 1. The summed E-state index contributed by atoms with van der Waals surface area (Å²) in [5.74, 6) is 1.17. The molecule has 0 aliphatic carbocycles. The van der Waals surface area contributed by atoms with Crippen LogP contribution in [0.15, 0.2) is 28.8 Å². The van der Waals surface area contributed by atoms with Crippen LogP contribution in [0.2, 0.25) is 10.0 Å². The second kappa shape index (κ2) is 9.46. The highest BCUT2D eigenvalue weighted by Crippen LogP contribution is 2.33. The molecular weight excluding hydrogens is 401 g/mol. The van der Waals surface area contributed by atoms with Crippen molar-refractivity contribution in [3.05, 3.63) is 45.8 Å². The van der Waals surface area contributed by atoms with E-state index < -0.39 is 0 Å². The molecule has 6 nitrogen and oxygen atoms in total. The summed E-state index contributed by atoms with van der Waals surface area (Å²) in [5.41, 5.74) is 0.286. The summed E-state index contributed by atoms with van der Waals surface area (Å²) in [7, 11) is 1.92. The van der Waals surface area contributed by atoms with Gasteiger partial charge in [0.2, 0.25) is 0 Å². The van der Waals surface area contributed by atoms with Gasteiger partial charge in [-0.2, -0.15) is 0 Å². The first kappa shape index (κ1) is 20.8. The maximum Gasteiger partial charge on any atom is 0.276 e. The highest BCUT2D eigenvalue weighted by Gasteiger charge is 2.28. The lowest BCUT2D eigenvalue weighted by atomic mass is 10.1. The highest BCUT2D eigenvalue weighted by atomic mass is 35.5. The minimum atomic E-state index is -0.121. The molecule has 9 heteroatoms. The molecule has 0 bridgehead atoms. The van der Waals surface area contributed by atoms with E-state index in [0.717, 1.165) is 26.1 Å². The second-order valence-corrected chi connectivity index (χ2v) is 6.80. The molecule has 1 saturated heterocycles. The molecule has 0 spiro atoms. The summed E-state index contributed by atoms with van der Waals surface area (Å²) >= 11 is 12.1. The lowest BCUT2D eigenvalue weighted by Gasteiger charge is -2.14. The van der Waals surface area contributed by atoms with Crippen LogP contribution < -0.4 is 10.1 Å². The molecule has 1 aromatic carbocycles. The van der Waals surface area contributed by atoms with E-state index in [-0.39, 0.29) is 30.6 Å². The number of benzene rings is 1. The lowest BCUT2D eigenvalue weighted by molar-refractivity contribution is 0.0776. The first-order valence-corrected chi connectivity index (χ1v) is 8.80. The van der Waals surface area contributed by atoms with Gasteiger partial charge in [0.05, 0.1) is 10.0 Å². The largest absolute Gasteiger partial charge is 0.482 e. The number of nitrogens with one attached hydrogen (secondary N) is 1. The molecule has 1 aromatic heterocycles. The van der Waals surface area contributed by atoms with E-state index in [1.54, 1.807) is 29.2 Å². The number of halogens is 3. The zero-order chi connectivity index (χ0) is 17.8. The van der Waals surface area contributed by atoms with E-state index in [1.807, 2.05) is 7.05 Å². The van der Waals surface area contributed by atoms with Crippen molar-refractivity contribution in [3.63, 3.8) is 0 Å². The fraction of sp³-hybridized carbons (Fsp3) is 0.412. The Hall–Kier alpha value is -1.47. The number of aromatic nitrogens is 1. The Bertz CT molecular complexity index is 734. The Kier molecular flexibility index (Phi) is 7.58. The van der Waals surface area contributed by atoms with Crippen LogP contribution in [0.5, 0.6) is 5.75 Å². The van der Waals surface area contributed by atoms with Crippen molar-refractivity contribution in [2.24, 2.45) is 5.92 Å². The molecule has 0 radical (unpaired) electrons. The van der Waals surface area contributed by atoms with Crippen molar-refractivity contribution in [1.29, 1.82) is 0 Å². The molecule has 1 N–H and O–H groups in total. The van der Waals surface area contributed by atoms with Crippen molar-refractivity contribution in [2.45, 2.75) is 13.0 Å². The Morgan fingerprint density at radius 1 is 1.42 bits per heavy atom. The predicted molar refractivity (Wildman–Crippen MR) is 102 cm³/mol. The van der Waals surface area contributed by atoms with Crippen LogP contribution in [0.25, 0.3) is 0 Å². The number of hydrogen-bond acceptors (Lipinski definition) is 5. The molecule has 1 aliphatic rings. The number of carbonyl (C=O) groups is 1. The first-order chi connectivity index (χ1) is 12.1. The summed E-state index contributed by atoms with van der Waals surface area (Å²) in [5, 5.41) is 7.83. The van der Waals surface area contributed by atoms with Crippen LogP contribution in [-0.4, -0.2) is 42.6 Å². The van der Waals surface area contributed by atoms with Crippen LogP contribution in [-0.2, 0) is 6.61 Å². The molecule has 1 amide bonds. The van der Waals surface area contributed by atoms with Gasteiger partial charge in [-0.3, -0.25) is 4.79 Å². The minimum Gasteiger partial charge on any atom is -0.482 e. The fourth-order valence-electron chi connectivity index (χ4n) is 2.88. The third kappa shape index (κ3) is 4.82. The second-order valence-electron chi connectivity index (χ2n) is 5.98. The molecule has 0 saturated carbocycles. The van der Waals surface area contributed by atoms with Crippen LogP contribution >= 0.6 is 35.6 Å². The molecule has 2 heterocycles. The number of ether oxygens (including phenoxy) is 1. The molecule has 1 aliphatic heterocycles. The number of para-hydroxylation sites is 1. The normalized spacial score (nSPS) is 16.4. The summed E-state index contributed by atoms with van der Waals surface area (Å²) < 4.78 is 10.8. The van der Waals surface area contributed by atoms with Gasteiger partial charge in [-0.1, -0.05) is 34.4 Å². The smallest absolute Gasteiger partial charge is 0.276 e. The quantitative estimate of drug-likeness (QED) is 0.772. The average Bonchev–Trinajstić information content (AvgIpc) is 3.24. The topological polar surface area (TPSA) is 67.6 Å². The van der Waals surface area contributed by atoms with E-state index in [4.69, 9.17) is 32.5 Å². The van der Waals surface area contributed by atoms with Crippen molar-refractivity contribution < 1.29 is 14.1 Å². The monoisotopic (exact) mass is 419 g/mol. The SMILES string of the molecule is CNCC1CCN(C(=O)c2cc(COc3c(Cl)cccc3Cl)on2)C1.Cl. The standard InChI is InChI=1S/C17H19Cl2N3O3.ClH/c1-20-8-11-5-6-22(9-11)17(23)15-7-12(25-21-15)10-24-16-13(18)3-2-4-14(16)19;/h2-4,7,11,20H,5-6,8-10H2,1H3;1H. The van der Waals surface area contributed by atoms with Crippen molar-refractivity contribution >= 4 is 41.5 Å². The summed E-state index contributed by atoms with van der Waals surface area (Å²) in [6, 6.07) is 6.71. The molecule has 1 unspecified atom stereocenters. The van der Waals surface area contributed by atoms with E-state index in [9.17, 15) is 4.79 Å². The van der Waals surface area contributed by atoms with Gasteiger partial charge in [-0.25, -0.2) is 0 Å². The van der Waals surface area contributed by atoms with Crippen LogP contribution in [0.1, 0.15) is 22.7 Å². The number of rotatable bonds is 6. The molecule has 2 aromatic rings. The van der Waals surface area contributed by atoms with Gasteiger partial charge in [0.25, 0.3) is 5.91 Å². The molecule has 26 heavy (non-hydrogen) atoms. The van der Waals surface area contributed by atoms with Crippen LogP contribution in [0.3, 0.4) is 0 Å². The van der Waals surface area contributed by atoms with Gasteiger partial charge in [0.1, 0.15) is 6.61 Å². The fourth-order valence-corrected chi connectivity index (χ4v) is 3.39. The Labute approximate surface area is 168 Å². The molecular formula is C17H20Cl3N3O3. The van der Waals surface area contributed by atoms with Crippen LogP contribution in [0, 0.1) is 5.92 Å².